The summed E-state index contributed by atoms with van der Waals surface area (Å²) in [5.74, 6) is 0. The average molecular weight is 234 g/mol. The number of sulfonamides is 1. The third-order valence-electron chi connectivity index (χ3n) is 2.41. The van der Waals surface area contributed by atoms with E-state index in [2.05, 4.69) is 5.16 Å². The first kappa shape index (κ1) is 10.0. The van der Waals surface area contributed by atoms with Crippen molar-refractivity contribution in [1.29, 1.82) is 0 Å². The molecule has 2 atom stereocenters. The van der Waals surface area contributed by atoms with Crippen LogP contribution in [0.3, 0.4) is 0 Å². The van der Waals surface area contributed by atoms with Crippen LogP contribution >= 0.6 is 11.8 Å². The second-order valence-electron chi connectivity index (χ2n) is 3.24. The van der Waals surface area contributed by atoms with Crippen LogP contribution < -0.4 is 0 Å². The Morgan fingerprint density at radius 3 is 3.07 bits per heavy atom. The van der Waals surface area contributed by atoms with Gasteiger partial charge in [0.25, 0.3) is 0 Å². The summed E-state index contributed by atoms with van der Waals surface area (Å²) in [6.07, 6.45) is 1.64. The standard InChI is InChI=1S/C7H10N2O3S2/c1-9-4-5(8-10)7-6(2-3-13-7)14(9,11)12/h2-3,6-7,10H,4H2,1H3/b8-5+/t6-,7+/m1/s1. The van der Waals surface area contributed by atoms with E-state index in [0.29, 0.717) is 5.71 Å². The summed E-state index contributed by atoms with van der Waals surface area (Å²) >= 11 is 1.39. The van der Waals surface area contributed by atoms with Crippen LogP contribution in [0.2, 0.25) is 0 Å². The molecule has 0 saturated carbocycles. The summed E-state index contributed by atoms with van der Waals surface area (Å²) < 4.78 is 24.8. The first-order valence-corrected chi connectivity index (χ1v) is 6.50. The van der Waals surface area contributed by atoms with Crippen molar-refractivity contribution in [3.63, 3.8) is 0 Å². The summed E-state index contributed by atoms with van der Waals surface area (Å²) in [6, 6.07) is 0. The van der Waals surface area contributed by atoms with Gasteiger partial charge in [0.05, 0.1) is 17.5 Å². The molecule has 0 radical (unpaired) electrons. The lowest BCUT2D eigenvalue weighted by Crippen LogP contribution is -2.51. The van der Waals surface area contributed by atoms with Crippen LogP contribution in [0.4, 0.5) is 0 Å². The summed E-state index contributed by atoms with van der Waals surface area (Å²) in [5, 5.41) is 12.8. The van der Waals surface area contributed by atoms with Crippen molar-refractivity contribution in [2.75, 3.05) is 13.6 Å². The normalized spacial score (nSPS) is 38.8. The van der Waals surface area contributed by atoms with Crippen LogP contribution in [-0.4, -0.2) is 47.7 Å². The molecule has 0 spiro atoms. The highest BCUT2D eigenvalue weighted by Gasteiger charge is 2.45. The molecule has 1 saturated heterocycles. The molecule has 2 aliphatic heterocycles. The van der Waals surface area contributed by atoms with Crippen LogP contribution in [0, 0.1) is 0 Å². The van der Waals surface area contributed by atoms with Crippen molar-refractivity contribution in [2.45, 2.75) is 10.5 Å². The minimum absolute atomic E-state index is 0.175. The van der Waals surface area contributed by atoms with Gasteiger partial charge in [-0.1, -0.05) is 11.2 Å². The van der Waals surface area contributed by atoms with Crippen molar-refractivity contribution < 1.29 is 13.6 Å². The first-order valence-electron chi connectivity index (χ1n) is 4.05. The van der Waals surface area contributed by atoms with Gasteiger partial charge in [0.15, 0.2) is 0 Å². The predicted octanol–water partition coefficient (Wildman–Crippen LogP) is 0.0895. The Kier molecular flexibility index (Phi) is 2.32. The molecule has 2 aliphatic rings. The lowest BCUT2D eigenvalue weighted by molar-refractivity contribution is 0.314. The number of rotatable bonds is 0. The lowest BCUT2D eigenvalue weighted by Gasteiger charge is -2.31. The quantitative estimate of drug-likeness (QED) is 0.476. The van der Waals surface area contributed by atoms with Crippen LogP contribution in [0.15, 0.2) is 16.6 Å². The Morgan fingerprint density at radius 1 is 1.71 bits per heavy atom. The van der Waals surface area contributed by atoms with Gasteiger partial charge in [0.2, 0.25) is 10.0 Å². The van der Waals surface area contributed by atoms with E-state index in [9.17, 15) is 8.42 Å². The molecular weight excluding hydrogens is 224 g/mol. The van der Waals surface area contributed by atoms with Gasteiger partial charge >= 0.3 is 0 Å². The molecule has 0 aromatic heterocycles. The fraction of sp³-hybridized carbons (Fsp3) is 0.571. The highest BCUT2D eigenvalue weighted by molar-refractivity contribution is 8.05. The zero-order valence-electron chi connectivity index (χ0n) is 7.49. The summed E-state index contributed by atoms with van der Waals surface area (Å²) in [5.41, 5.74) is 0.516. The topological polar surface area (TPSA) is 70.0 Å². The van der Waals surface area contributed by atoms with E-state index in [1.807, 2.05) is 0 Å². The monoisotopic (exact) mass is 234 g/mol. The van der Waals surface area contributed by atoms with Crippen LogP contribution in [0.25, 0.3) is 0 Å². The molecule has 78 valence electrons. The fourth-order valence-corrected chi connectivity index (χ4v) is 4.76. The number of hydrogen-bond acceptors (Lipinski definition) is 5. The van der Waals surface area contributed by atoms with E-state index in [1.165, 1.54) is 23.1 Å². The SMILES string of the molecule is CN1C/C(=N\O)[C@@H]2SC=C[C@H]2S1(=O)=O. The Bertz CT molecular complexity index is 401. The van der Waals surface area contributed by atoms with Gasteiger partial charge < -0.3 is 5.21 Å². The van der Waals surface area contributed by atoms with Gasteiger partial charge in [-0.3, -0.25) is 0 Å². The van der Waals surface area contributed by atoms with E-state index in [1.54, 1.807) is 11.5 Å². The van der Waals surface area contributed by atoms with Crippen LogP contribution in [-0.2, 0) is 10.0 Å². The third kappa shape index (κ3) is 1.27. The highest BCUT2D eigenvalue weighted by Crippen LogP contribution is 2.35. The summed E-state index contributed by atoms with van der Waals surface area (Å²) in [4.78, 5) is 0. The molecule has 7 heteroatoms. The van der Waals surface area contributed by atoms with Gasteiger partial charge in [-0.25, -0.2) is 8.42 Å². The van der Waals surface area contributed by atoms with Gasteiger partial charge in [-0.2, -0.15) is 4.31 Å². The highest BCUT2D eigenvalue weighted by atomic mass is 32.2. The van der Waals surface area contributed by atoms with Crippen molar-refractivity contribution in [3.8, 4) is 0 Å². The zero-order chi connectivity index (χ0) is 10.3. The summed E-state index contributed by atoms with van der Waals surface area (Å²) in [7, 11) is -1.75. The Morgan fingerprint density at radius 2 is 2.43 bits per heavy atom. The molecule has 1 N–H and O–H groups in total. The molecule has 0 bridgehead atoms. The Labute approximate surface area is 86.5 Å². The average Bonchev–Trinajstić information content (AvgIpc) is 2.61. The fourth-order valence-electron chi connectivity index (χ4n) is 1.61. The molecule has 0 aromatic carbocycles. The Balaban J connectivity index is 2.44. The van der Waals surface area contributed by atoms with E-state index in [4.69, 9.17) is 5.21 Å². The molecule has 0 unspecified atom stereocenters. The van der Waals surface area contributed by atoms with Gasteiger partial charge in [-0.05, 0) is 5.41 Å². The minimum atomic E-state index is -3.25. The Hall–Kier alpha value is -0.530. The lowest BCUT2D eigenvalue weighted by atomic mass is 10.2. The number of fused-ring (bicyclic) bond motifs is 1. The van der Waals surface area contributed by atoms with E-state index in [-0.39, 0.29) is 11.8 Å². The van der Waals surface area contributed by atoms with E-state index < -0.39 is 15.3 Å². The van der Waals surface area contributed by atoms with E-state index >= 15 is 0 Å². The minimum Gasteiger partial charge on any atom is -0.411 e. The second-order valence-corrected chi connectivity index (χ2v) is 6.49. The van der Waals surface area contributed by atoms with Gasteiger partial charge in [-0.15, -0.1) is 11.8 Å². The third-order valence-corrected chi connectivity index (χ3v) is 5.87. The zero-order valence-corrected chi connectivity index (χ0v) is 9.12. The van der Waals surface area contributed by atoms with Crippen LogP contribution in [0.1, 0.15) is 0 Å². The number of hydrogen-bond donors (Lipinski definition) is 1. The first-order chi connectivity index (χ1) is 6.57. The molecule has 2 rings (SSSR count). The molecule has 0 aliphatic carbocycles. The molecule has 0 amide bonds. The maximum Gasteiger partial charge on any atom is 0.222 e. The van der Waals surface area contributed by atoms with Gasteiger partial charge in [0, 0.05) is 7.05 Å². The maximum absolute atomic E-state index is 11.8. The molecule has 2 heterocycles. The van der Waals surface area contributed by atoms with Crippen molar-refractivity contribution in [3.05, 3.63) is 11.5 Å². The molecule has 1 fully saturated rings. The van der Waals surface area contributed by atoms with Crippen molar-refractivity contribution >= 4 is 27.5 Å². The van der Waals surface area contributed by atoms with Crippen LogP contribution in [0.5, 0.6) is 0 Å². The molecule has 0 aromatic rings. The number of nitrogens with zero attached hydrogens (tertiary/aromatic N) is 2. The van der Waals surface area contributed by atoms with Crippen molar-refractivity contribution in [1.82, 2.24) is 4.31 Å². The molecule has 5 nitrogen and oxygen atoms in total. The van der Waals surface area contributed by atoms with Gasteiger partial charge in [0.1, 0.15) is 5.25 Å². The number of oxime groups is 1. The van der Waals surface area contributed by atoms with E-state index in [0.717, 1.165) is 0 Å². The maximum atomic E-state index is 11.8. The summed E-state index contributed by atoms with van der Waals surface area (Å²) in [6.45, 7) is 0.175. The predicted molar refractivity (Wildman–Crippen MR) is 55.1 cm³/mol. The molecular formula is C7H10N2O3S2. The number of thioether (sulfide) groups is 1. The largest absolute Gasteiger partial charge is 0.411 e. The molecule has 14 heavy (non-hydrogen) atoms. The smallest absolute Gasteiger partial charge is 0.222 e. The van der Waals surface area contributed by atoms with Crippen molar-refractivity contribution in [2.24, 2.45) is 5.16 Å². The second kappa shape index (κ2) is 3.25.